The highest BCUT2D eigenvalue weighted by Gasteiger charge is 1.96. The number of fused-ring (bicyclic) bond motifs is 1. The highest BCUT2D eigenvalue weighted by molar-refractivity contribution is 6.29. The van der Waals surface area contributed by atoms with Gasteiger partial charge in [0.25, 0.3) is 0 Å². The fraction of sp³-hybridized carbons (Fsp3) is 0.111. The van der Waals surface area contributed by atoms with E-state index in [-0.39, 0.29) is 0 Å². The number of hydrogen-bond acceptors (Lipinski definition) is 2. The quantitative estimate of drug-likeness (QED) is 0.580. The Balaban J connectivity index is 2.79. The van der Waals surface area contributed by atoms with Crippen LogP contribution in [0.4, 0.5) is 0 Å². The van der Waals surface area contributed by atoms with E-state index in [1.165, 1.54) is 0 Å². The van der Waals surface area contributed by atoms with E-state index in [2.05, 4.69) is 9.97 Å². The maximum atomic E-state index is 5.72. The van der Waals surface area contributed by atoms with Gasteiger partial charge in [0.2, 0.25) is 0 Å². The smallest absolute Gasteiger partial charge is 0.129 e. The molecule has 0 radical (unpaired) electrons. The molecule has 0 spiro atoms. The second-order valence-electron chi connectivity index (χ2n) is 2.62. The van der Waals surface area contributed by atoms with Crippen LogP contribution < -0.4 is 0 Å². The normalized spacial score (nSPS) is 10.5. The van der Waals surface area contributed by atoms with E-state index < -0.39 is 0 Å². The molecule has 60 valence electrons. The minimum Gasteiger partial charge on any atom is -0.251 e. The molecular formula is C9H7ClN2. The Hall–Kier alpha value is -1.15. The van der Waals surface area contributed by atoms with E-state index in [0.29, 0.717) is 5.15 Å². The number of nitrogens with zero attached hydrogens (tertiary/aromatic N) is 2. The van der Waals surface area contributed by atoms with Crippen LogP contribution in [0.2, 0.25) is 5.15 Å². The van der Waals surface area contributed by atoms with Crippen molar-refractivity contribution in [3.8, 4) is 0 Å². The minimum atomic E-state index is 0.508. The molecule has 2 heterocycles. The van der Waals surface area contributed by atoms with Crippen molar-refractivity contribution in [3.05, 3.63) is 35.1 Å². The van der Waals surface area contributed by atoms with Crippen molar-refractivity contribution in [2.45, 2.75) is 6.92 Å². The van der Waals surface area contributed by atoms with Crippen LogP contribution in [0.1, 0.15) is 5.69 Å². The summed E-state index contributed by atoms with van der Waals surface area (Å²) in [5.41, 5.74) is 2.72. The lowest BCUT2D eigenvalue weighted by atomic mass is 10.3. The number of pyridine rings is 2. The lowest BCUT2D eigenvalue weighted by Gasteiger charge is -1.97. The van der Waals surface area contributed by atoms with Gasteiger partial charge in [0.1, 0.15) is 5.15 Å². The SMILES string of the molecule is Cc1ccc2nc(Cl)ccc2n1. The molecule has 0 saturated carbocycles. The van der Waals surface area contributed by atoms with Crippen molar-refractivity contribution >= 4 is 22.6 Å². The standard InChI is InChI=1S/C9H7ClN2/c1-6-2-3-8-7(11-6)4-5-9(10)12-8/h2-5H,1H3. The summed E-state index contributed by atoms with van der Waals surface area (Å²) in [6.07, 6.45) is 0. The van der Waals surface area contributed by atoms with Gasteiger partial charge in [-0.05, 0) is 31.2 Å². The van der Waals surface area contributed by atoms with Crippen molar-refractivity contribution in [2.24, 2.45) is 0 Å². The first-order chi connectivity index (χ1) is 5.75. The molecule has 0 amide bonds. The van der Waals surface area contributed by atoms with Gasteiger partial charge in [0.15, 0.2) is 0 Å². The van der Waals surface area contributed by atoms with E-state index in [9.17, 15) is 0 Å². The first-order valence-electron chi connectivity index (χ1n) is 3.65. The summed E-state index contributed by atoms with van der Waals surface area (Å²) < 4.78 is 0. The Morgan fingerprint density at radius 3 is 2.50 bits per heavy atom. The zero-order valence-electron chi connectivity index (χ0n) is 6.58. The summed E-state index contributed by atoms with van der Waals surface area (Å²) in [6, 6.07) is 7.46. The van der Waals surface area contributed by atoms with Gasteiger partial charge in [-0.2, -0.15) is 0 Å². The third kappa shape index (κ3) is 1.25. The lowest BCUT2D eigenvalue weighted by Crippen LogP contribution is -1.85. The van der Waals surface area contributed by atoms with E-state index in [1.54, 1.807) is 6.07 Å². The second kappa shape index (κ2) is 2.72. The molecule has 0 aromatic carbocycles. The van der Waals surface area contributed by atoms with Crippen LogP contribution in [0.5, 0.6) is 0 Å². The average molecular weight is 179 g/mol. The van der Waals surface area contributed by atoms with Crippen LogP contribution in [0.25, 0.3) is 11.0 Å². The van der Waals surface area contributed by atoms with Crippen molar-refractivity contribution in [2.75, 3.05) is 0 Å². The molecule has 3 heteroatoms. The van der Waals surface area contributed by atoms with Gasteiger partial charge in [-0.25, -0.2) is 4.98 Å². The maximum absolute atomic E-state index is 5.72. The Morgan fingerprint density at radius 2 is 1.67 bits per heavy atom. The van der Waals surface area contributed by atoms with Crippen molar-refractivity contribution in [1.29, 1.82) is 0 Å². The molecule has 12 heavy (non-hydrogen) atoms. The predicted molar refractivity (Wildman–Crippen MR) is 49.3 cm³/mol. The molecule has 0 aliphatic heterocycles. The Labute approximate surface area is 75.2 Å². The van der Waals surface area contributed by atoms with Gasteiger partial charge in [-0.3, -0.25) is 4.98 Å². The first-order valence-corrected chi connectivity index (χ1v) is 4.03. The minimum absolute atomic E-state index is 0.508. The highest BCUT2D eigenvalue weighted by atomic mass is 35.5. The molecule has 2 aromatic heterocycles. The summed E-state index contributed by atoms with van der Waals surface area (Å²) in [5, 5.41) is 0.508. The zero-order chi connectivity index (χ0) is 8.55. The second-order valence-corrected chi connectivity index (χ2v) is 3.01. The topological polar surface area (TPSA) is 25.8 Å². The number of hydrogen-bond donors (Lipinski definition) is 0. The molecule has 2 nitrogen and oxygen atoms in total. The number of aromatic nitrogens is 2. The number of aryl methyl sites for hydroxylation is 1. The van der Waals surface area contributed by atoms with E-state index >= 15 is 0 Å². The molecule has 2 rings (SSSR count). The largest absolute Gasteiger partial charge is 0.251 e. The van der Waals surface area contributed by atoms with Crippen LogP contribution in [0.3, 0.4) is 0 Å². The number of rotatable bonds is 0. The molecule has 0 saturated heterocycles. The third-order valence-corrected chi connectivity index (χ3v) is 1.86. The van der Waals surface area contributed by atoms with Gasteiger partial charge in [0.05, 0.1) is 11.0 Å². The molecule has 0 atom stereocenters. The fourth-order valence-electron chi connectivity index (χ4n) is 1.09. The summed E-state index contributed by atoms with van der Waals surface area (Å²) >= 11 is 5.72. The van der Waals surface area contributed by atoms with Crippen molar-refractivity contribution < 1.29 is 0 Å². The monoisotopic (exact) mass is 178 g/mol. The first kappa shape index (κ1) is 7.50. The molecule has 0 unspecified atom stereocenters. The Kier molecular flexibility index (Phi) is 1.70. The molecular weight excluding hydrogens is 172 g/mol. The van der Waals surface area contributed by atoms with Gasteiger partial charge >= 0.3 is 0 Å². The van der Waals surface area contributed by atoms with Gasteiger partial charge < -0.3 is 0 Å². The summed E-state index contributed by atoms with van der Waals surface area (Å²) in [4.78, 5) is 8.42. The summed E-state index contributed by atoms with van der Waals surface area (Å²) in [5.74, 6) is 0. The Bertz CT molecular complexity index is 385. The van der Waals surface area contributed by atoms with E-state index in [1.807, 2.05) is 25.1 Å². The van der Waals surface area contributed by atoms with E-state index in [0.717, 1.165) is 16.7 Å². The van der Waals surface area contributed by atoms with Crippen molar-refractivity contribution in [3.63, 3.8) is 0 Å². The van der Waals surface area contributed by atoms with Crippen LogP contribution >= 0.6 is 11.6 Å². The third-order valence-electron chi connectivity index (χ3n) is 1.65. The Morgan fingerprint density at radius 1 is 1.00 bits per heavy atom. The highest BCUT2D eigenvalue weighted by Crippen LogP contribution is 2.13. The zero-order valence-corrected chi connectivity index (χ0v) is 7.34. The summed E-state index contributed by atoms with van der Waals surface area (Å²) in [6.45, 7) is 1.95. The van der Waals surface area contributed by atoms with Gasteiger partial charge in [0, 0.05) is 5.69 Å². The van der Waals surface area contributed by atoms with Crippen molar-refractivity contribution in [1.82, 2.24) is 9.97 Å². The fourth-order valence-corrected chi connectivity index (χ4v) is 1.24. The molecule has 2 aromatic rings. The van der Waals surface area contributed by atoms with Crippen LogP contribution in [-0.4, -0.2) is 9.97 Å². The van der Waals surface area contributed by atoms with Gasteiger partial charge in [-0.15, -0.1) is 0 Å². The molecule has 0 N–H and O–H groups in total. The number of halogens is 1. The maximum Gasteiger partial charge on any atom is 0.129 e. The molecule has 0 fully saturated rings. The van der Waals surface area contributed by atoms with Gasteiger partial charge in [-0.1, -0.05) is 11.6 Å². The average Bonchev–Trinajstić information content (AvgIpc) is 2.05. The molecule has 0 aliphatic carbocycles. The lowest BCUT2D eigenvalue weighted by molar-refractivity contribution is 1.24. The summed E-state index contributed by atoms with van der Waals surface area (Å²) in [7, 11) is 0. The van der Waals surface area contributed by atoms with Crippen LogP contribution in [0.15, 0.2) is 24.3 Å². The predicted octanol–water partition coefficient (Wildman–Crippen LogP) is 2.59. The van der Waals surface area contributed by atoms with Crippen LogP contribution in [0, 0.1) is 6.92 Å². The van der Waals surface area contributed by atoms with E-state index in [4.69, 9.17) is 11.6 Å². The van der Waals surface area contributed by atoms with Crippen LogP contribution in [-0.2, 0) is 0 Å². The molecule has 0 bridgehead atoms. The molecule has 0 aliphatic rings.